The highest BCUT2D eigenvalue weighted by Crippen LogP contribution is 2.32. The van der Waals surface area contributed by atoms with Crippen molar-refractivity contribution in [2.24, 2.45) is 5.41 Å². The van der Waals surface area contributed by atoms with Gasteiger partial charge in [-0.05, 0) is 49.0 Å². The second kappa shape index (κ2) is 7.88. The summed E-state index contributed by atoms with van der Waals surface area (Å²) in [4.78, 5) is 12.3. The average Bonchev–Trinajstić information content (AvgIpc) is 2.52. The predicted octanol–water partition coefficient (Wildman–Crippen LogP) is 2.80. The molecule has 2 N–H and O–H groups in total. The SMILES string of the molecule is CC(C)(C)C(NC(=O)COC1CCNCC1)c1ccc(F)cc1. The predicted molar refractivity (Wildman–Crippen MR) is 88.6 cm³/mol. The molecule has 1 aromatic carbocycles. The van der Waals surface area contributed by atoms with E-state index >= 15 is 0 Å². The normalized spacial score (nSPS) is 17.7. The molecule has 1 amide bonds. The highest BCUT2D eigenvalue weighted by molar-refractivity contribution is 5.77. The summed E-state index contributed by atoms with van der Waals surface area (Å²) in [5.74, 6) is -0.408. The van der Waals surface area contributed by atoms with Crippen molar-refractivity contribution in [1.82, 2.24) is 10.6 Å². The van der Waals surface area contributed by atoms with Gasteiger partial charge in [0.05, 0.1) is 12.1 Å². The van der Waals surface area contributed by atoms with Gasteiger partial charge in [0.15, 0.2) is 0 Å². The maximum absolute atomic E-state index is 13.1. The van der Waals surface area contributed by atoms with E-state index in [9.17, 15) is 9.18 Å². The van der Waals surface area contributed by atoms with Gasteiger partial charge < -0.3 is 15.4 Å². The Balaban J connectivity index is 1.94. The quantitative estimate of drug-likeness (QED) is 0.876. The molecule has 128 valence electrons. The van der Waals surface area contributed by atoms with Gasteiger partial charge in [0.25, 0.3) is 0 Å². The number of piperidine rings is 1. The molecule has 1 saturated heterocycles. The van der Waals surface area contributed by atoms with Gasteiger partial charge in [-0.15, -0.1) is 0 Å². The van der Waals surface area contributed by atoms with E-state index in [1.165, 1.54) is 12.1 Å². The first-order chi connectivity index (χ1) is 10.9. The fourth-order valence-electron chi connectivity index (χ4n) is 2.81. The lowest BCUT2D eigenvalue weighted by molar-refractivity contribution is -0.129. The molecule has 0 aliphatic carbocycles. The molecule has 0 spiro atoms. The molecule has 0 bridgehead atoms. The van der Waals surface area contributed by atoms with E-state index in [1.807, 2.05) is 0 Å². The molecule has 0 saturated carbocycles. The van der Waals surface area contributed by atoms with Crippen LogP contribution in [0.1, 0.15) is 45.2 Å². The largest absolute Gasteiger partial charge is 0.368 e. The number of amides is 1. The molecule has 1 heterocycles. The van der Waals surface area contributed by atoms with Crippen LogP contribution in [0.5, 0.6) is 0 Å². The lowest BCUT2D eigenvalue weighted by atomic mass is 9.82. The summed E-state index contributed by atoms with van der Waals surface area (Å²) in [6.07, 6.45) is 2.03. The fraction of sp³-hybridized carbons (Fsp3) is 0.611. The molecule has 4 nitrogen and oxygen atoms in total. The molecule has 23 heavy (non-hydrogen) atoms. The van der Waals surface area contributed by atoms with Crippen molar-refractivity contribution in [3.05, 3.63) is 35.6 Å². The van der Waals surface area contributed by atoms with Crippen LogP contribution in [-0.4, -0.2) is 31.7 Å². The van der Waals surface area contributed by atoms with Crippen LogP contribution in [0.2, 0.25) is 0 Å². The number of nitrogens with one attached hydrogen (secondary N) is 2. The minimum absolute atomic E-state index is 0.0679. The van der Waals surface area contributed by atoms with E-state index in [0.717, 1.165) is 31.5 Å². The molecule has 5 heteroatoms. The Hall–Kier alpha value is -1.46. The summed E-state index contributed by atoms with van der Waals surface area (Å²) in [6.45, 7) is 8.09. The van der Waals surface area contributed by atoms with E-state index in [-0.39, 0.29) is 35.9 Å². The molecule has 2 rings (SSSR count). The Bertz CT molecular complexity index is 505. The molecule has 1 unspecified atom stereocenters. The van der Waals surface area contributed by atoms with Crippen molar-refractivity contribution >= 4 is 5.91 Å². The zero-order chi connectivity index (χ0) is 16.9. The molecule has 1 aliphatic rings. The van der Waals surface area contributed by atoms with Crippen LogP contribution < -0.4 is 10.6 Å². The Morgan fingerprint density at radius 3 is 2.48 bits per heavy atom. The van der Waals surface area contributed by atoms with Crippen LogP contribution in [0.15, 0.2) is 24.3 Å². The van der Waals surface area contributed by atoms with Crippen molar-refractivity contribution in [3.63, 3.8) is 0 Å². The first kappa shape index (κ1) is 17.9. The van der Waals surface area contributed by atoms with Crippen molar-refractivity contribution < 1.29 is 13.9 Å². The highest BCUT2D eigenvalue weighted by atomic mass is 19.1. The number of carbonyl (C=O) groups is 1. The Kier molecular flexibility index (Phi) is 6.13. The summed E-state index contributed by atoms with van der Waals surface area (Å²) < 4.78 is 18.8. The second-order valence-electron chi connectivity index (χ2n) is 7.18. The Labute approximate surface area is 137 Å². The summed E-state index contributed by atoms with van der Waals surface area (Å²) in [5.41, 5.74) is 0.719. The number of ether oxygens (including phenoxy) is 1. The lowest BCUT2D eigenvalue weighted by Crippen LogP contribution is -2.40. The van der Waals surface area contributed by atoms with Gasteiger partial charge >= 0.3 is 0 Å². The topological polar surface area (TPSA) is 50.4 Å². The minimum Gasteiger partial charge on any atom is -0.368 e. The Morgan fingerprint density at radius 2 is 1.91 bits per heavy atom. The monoisotopic (exact) mass is 322 g/mol. The smallest absolute Gasteiger partial charge is 0.246 e. The van der Waals surface area contributed by atoms with Crippen LogP contribution in [-0.2, 0) is 9.53 Å². The maximum Gasteiger partial charge on any atom is 0.246 e. The van der Waals surface area contributed by atoms with Gasteiger partial charge in [-0.3, -0.25) is 4.79 Å². The van der Waals surface area contributed by atoms with Crippen molar-refractivity contribution in [3.8, 4) is 0 Å². The van der Waals surface area contributed by atoms with Crippen LogP contribution in [0.25, 0.3) is 0 Å². The lowest BCUT2D eigenvalue weighted by Gasteiger charge is -2.32. The van der Waals surface area contributed by atoms with Crippen LogP contribution in [0.3, 0.4) is 0 Å². The minimum atomic E-state index is -0.276. The summed E-state index contributed by atoms with van der Waals surface area (Å²) in [7, 11) is 0. The molecule has 0 radical (unpaired) electrons. The first-order valence-corrected chi connectivity index (χ1v) is 8.23. The highest BCUT2D eigenvalue weighted by Gasteiger charge is 2.28. The van der Waals surface area contributed by atoms with Gasteiger partial charge in [0.1, 0.15) is 12.4 Å². The first-order valence-electron chi connectivity index (χ1n) is 8.23. The third-order valence-electron chi connectivity index (χ3n) is 4.11. The molecule has 0 aromatic heterocycles. The van der Waals surface area contributed by atoms with Crippen LogP contribution in [0, 0.1) is 11.2 Å². The molecular weight excluding hydrogens is 295 g/mol. The standard InChI is InChI=1S/C18H27FN2O2/c1-18(2,3)17(13-4-6-14(19)7-5-13)21-16(22)12-23-15-8-10-20-11-9-15/h4-7,15,17,20H,8-12H2,1-3H3,(H,21,22). The molecule has 1 aromatic rings. The number of hydrogen-bond acceptors (Lipinski definition) is 3. The van der Waals surface area contributed by atoms with Gasteiger partial charge in [0.2, 0.25) is 5.91 Å². The van der Waals surface area contributed by atoms with E-state index in [1.54, 1.807) is 12.1 Å². The third-order valence-corrected chi connectivity index (χ3v) is 4.11. The number of halogens is 1. The van der Waals surface area contributed by atoms with Crippen molar-refractivity contribution in [2.45, 2.75) is 45.8 Å². The maximum atomic E-state index is 13.1. The zero-order valence-electron chi connectivity index (χ0n) is 14.2. The van der Waals surface area contributed by atoms with Crippen LogP contribution >= 0.6 is 0 Å². The van der Waals surface area contributed by atoms with E-state index in [0.29, 0.717) is 0 Å². The molecule has 1 aliphatic heterocycles. The molecule has 1 fully saturated rings. The van der Waals surface area contributed by atoms with Crippen molar-refractivity contribution in [2.75, 3.05) is 19.7 Å². The fourth-order valence-corrected chi connectivity index (χ4v) is 2.81. The average molecular weight is 322 g/mol. The summed E-state index contributed by atoms with van der Waals surface area (Å²) in [5, 5.41) is 6.30. The summed E-state index contributed by atoms with van der Waals surface area (Å²) in [6, 6.07) is 6.10. The molecular formula is C18H27FN2O2. The zero-order valence-corrected chi connectivity index (χ0v) is 14.2. The number of benzene rings is 1. The summed E-state index contributed by atoms with van der Waals surface area (Å²) >= 11 is 0. The Morgan fingerprint density at radius 1 is 1.30 bits per heavy atom. The van der Waals surface area contributed by atoms with Gasteiger partial charge in [-0.1, -0.05) is 32.9 Å². The number of rotatable bonds is 5. The van der Waals surface area contributed by atoms with Gasteiger partial charge in [-0.2, -0.15) is 0 Å². The number of hydrogen-bond donors (Lipinski definition) is 2. The second-order valence-corrected chi connectivity index (χ2v) is 7.18. The van der Waals surface area contributed by atoms with Gasteiger partial charge in [0, 0.05) is 0 Å². The van der Waals surface area contributed by atoms with Crippen LogP contribution in [0.4, 0.5) is 4.39 Å². The third kappa shape index (κ3) is 5.59. The number of carbonyl (C=O) groups excluding carboxylic acids is 1. The van der Waals surface area contributed by atoms with E-state index in [4.69, 9.17) is 4.74 Å². The van der Waals surface area contributed by atoms with E-state index < -0.39 is 0 Å². The van der Waals surface area contributed by atoms with Gasteiger partial charge in [-0.25, -0.2) is 4.39 Å². The molecule has 1 atom stereocenters. The van der Waals surface area contributed by atoms with Crippen molar-refractivity contribution in [1.29, 1.82) is 0 Å². The van der Waals surface area contributed by atoms with E-state index in [2.05, 4.69) is 31.4 Å².